The molecule has 1 amide bonds. The van der Waals surface area contributed by atoms with Crippen molar-refractivity contribution in [3.63, 3.8) is 0 Å². The Balaban J connectivity index is 1.41. The first-order chi connectivity index (χ1) is 14.1. The average molecular weight is 401 g/mol. The molecule has 0 saturated carbocycles. The molecule has 158 valence electrons. The fraction of sp³-hybridized carbons (Fsp3) is 0.667. The standard InChI is InChI=1S/C21H32N6O2/c1-23-20(27-10-6-21(14-27)7-11-29-15-21)25-12-16-4-2-8-24-19(16)26-9-3-5-17(13-26)18(22)28/h2,4,8,17H,3,5-7,9-15H2,1H3,(H2,22,28)(H,23,25). The van der Waals surface area contributed by atoms with Crippen LogP contribution in [0.15, 0.2) is 23.3 Å². The van der Waals surface area contributed by atoms with Gasteiger partial charge in [-0.1, -0.05) is 6.07 Å². The van der Waals surface area contributed by atoms with Gasteiger partial charge in [0.05, 0.1) is 12.5 Å². The van der Waals surface area contributed by atoms with E-state index in [4.69, 9.17) is 10.5 Å². The van der Waals surface area contributed by atoms with Crippen molar-refractivity contribution in [2.75, 3.05) is 51.3 Å². The molecule has 2 atom stereocenters. The van der Waals surface area contributed by atoms with E-state index in [-0.39, 0.29) is 11.8 Å². The van der Waals surface area contributed by atoms with E-state index in [2.05, 4.69) is 31.2 Å². The number of aliphatic imine (C=N–C) groups is 1. The highest BCUT2D eigenvalue weighted by atomic mass is 16.5. The number of primary amides is 1. The number of nitrogens with two attached hydrogens (primary N) is 1. The highest BCUT2D eigenvalue weighted by molar-refractivity contribution is 5.80. The van der Waals surface area contributed by atoms with Crippen LogP contribution in [0.1, 0.15) is 31.2 Å². The summed E-state index contributed by atoms with van der Waals surface area (Å²) in [4.78, 5) is 25.3. The molecule has 3 fully saturated rings. The van der Waals surface area contributed by atoms with Crippen LogP contribution >= 0.6 is 0 Å². The van der Waals surface area contributed by atoms with Crippen LogP contribution in [-0.2, 0) is 16.1 Å². The number of aromatic nitrogens is 1. The third kappa shape index (κ3) is 4.32. The molecule has 2 unspecified atom stereocenters. The van der Waals surface area contributed by atoms with E-state index in [1.165, 1.54) is 0 Å². The van der Waals surface area contributed by atoms with Gasteiger partial charge in [0.2, 0.25) is 5.91 Å². The molecule has 1 aromatic heterocycles. The Morgan fingerprint density at radius 3 is 3.10 bits per heavy atom. The van der Waals surface area contributed by atoms with E-state index in [9.17, 15) is 4.79 Å². The normalized spacial score (nSPS) is 27.6. The van der Waals surface area contributed by atoms with Crippen molar-refractivity contribution in [2.24, 2.45) is 22.1 Å². The zero-order chi connectivity index (χ0) is 20.3. The van der Waals surface area contributed by atoms with Gasteiger partial charge in [-0.15, -0.1) is 0 Å². The number of rotatable bonds is 4. The Labute approximate surface area is 172 Å². The Kier molecular flexibility index (Phi) is 5.89. The molecule has 1 spiro atoms. The summed E-state index contributed by atoms with van der Waals surface area (Å²) in [5.74, 6) is 1.54. The maximum Gasteiger partial charge on any atom is 0.222 e. The van der Waals surface area contributed by atoms with Crippen LogP contribution in [0.3, 0.4) is 0 Å². The molecule has 29 heavy (non-hydrogen) atoms. The first-order valence-electron chi connectivity index (χ1n) is 10.6. The van der Waals surface area contributed by atoms with E-state index in [1.807, 2.05) is 19.3 Å². The van der Waals surface area contributed by atoms with Crippen molar-refractivity contribution in [1.82, 2.24) is 15.2 Å². The predicted octanol–water partition coefficient (Wildman–Crippen LogP) is 0.971. The number of guanidine groups is 1. The molecule has 4 heterocycles. The molecule has 8 nitrogen and oxygen atoms in total. The van der Waals surface area contributed by atoms with Crippen molar-refractivity contribution >= 4 is 17.7 Å². The smallest absolute Gasteiger partial charge is 0.222 e. The lowest BCUT2D eigenvalue weighted by atomic mass is 9.87. The molecule has 0 radical (unpaired) electrons. The lowest BCUT2D eigenvalue weighted by Gasteiger charge is -2.33. The second-order valence-corrected chi connectivity index (χ2v) is 8.55. The minimum absolute atomic E-state index is 0.103. The first kappa shape index (κ1) is 19.9. The van der Waals surface area contributed by atoms with Gasteiger partial charge in [-0.2, -0.15) is 0 Å². The summed E-state index contributed by atoms with van der Waals surface area (Å²) < 4.78 is 5.65. The Hall–Kier alpha value is -2.35. The molecule has 3 saturated heterocycles. The van der Waals surface area contributed by atoms with Gasteiger partial charge < -0.3 is 25.6 Å². The van der Waals surface area contributed by atoms with Gasteiger partial charge in [0.15, 0.2) is 5.96 Å². The van der Waals surface area contributed by atoms with Crippen molar-refractivity contribution in [2.45, 2.75) is 32.2 Å². The summed E-state index contributed by atoms with van der Waals surface area (Å²) in [7, 11) is 1.84. The monoisotopic (exact) mass is 400 g/mol. The molecule has 3 aliphatic heterocycles. The van der Waals surface area contributed by atoms with Gasteiger partial charge in [0, 0.05) is 63.6 Å². The topological polar surface area (TPSA) is 96.1 Å². The maximum atomic E-state index is 11.7. The number of anilines is 1. The number of pyridine rings is 1. The van der Waals surface area contributed by atoms with Gasteiger partial charge in [0.25, 0.3) is 0 Å². The third-order valence-electron chi connectivity index (χ3n) is 6.56. The van der Waals surface area contributed by atoms with Gasteiger partial charge in [0.1, 0.15) is 5.82 Å². The lowest BCUT2D eigenvalue weighted by Crippen LogP contribution is -2.43. The summed E-state index contributed by atoms with van der Waals surface area (Å²) in [6.07, 6.45) is 5.93. The average Bonchev–Trinajstić information content (AvgIpc) is 3.39. The number of carbonyl (C=O) groups excluding carboxylic acids is 1. The second kappa shape index (κ2) is 8.57. The largest absolute Gasteiger partial charge is 0.381 e. The first-order valence-corrected chi connectivity index (χ1v) is 10.6. The van der Waals surface area contributed by atoms with Crippen LogP contribution in [0.25, 0.3) is 0 Å². The highest BCUT2D eigenvalue weighted by Gasteiger charge is 2.42. The molecule has 4 rings (SSSR count). The molecule has 3 N–H and O–H groups in total. The van der Waals surface area contributed by atoms with Gasteiger partial charge in [-0.05, 0) is 31.7 Å². The lowest BCUT2D eigenvalue weighted by molar-refractivity contribution is -0.122. The number of amides is 1. The molecular formula is C21H32N6O2. The third-order valence-corrected chi connectivity index (χ3v) is 6.56. The number of nitrogens with zero attached hydrogens (tertiary/aromatic N) is 4. The van der Waals surface area contributed by atoms with E-state index in [0.717, 1.165) is 75.9 Å². The summed E-state index contributed by atoms with van der Waals surface area (Å²) in [6.45, 7) is 5.94. The minimum atomic E-state index is -0.218. The number of carbonyl (C=O) groups is 1. The van der Waals surface area contributed by atoms with E-state index in [0.29, 0.717) is 18.5 Å². The van der Waals surface area contributed by atoms with E-state index < -0.39 is 0 Å². The number of hydrogen-bond donors (Lipinski definition) is 2. The van der Waals surface area contributed by atoms with Crippen LogP contribution < -0.4 is 16.0 Å². The highest BCUT2D eigenvalue weighted by Crippen LogP contribution is 2.38. The minimum Gasteiger partial charge on any atom is -0.381 e. The van der Waals surface area contributed by atoms with Crippen molar-refractivity contribution in [1.29, 1.82) is 0 Å². The predicted molar refractivity (Wildman–Crippen MR) is 113 cm³/mol. The van der Waals surface area contributed by atoms with Crippen LogP contribution in [0.4, 0.5) is 5.82 Å². The number of nitrogens with one attached hydrogen (secondary N) is 1. The van der Waals surface area contributed by atoms with Gasteiger partial charge in [-0.25, -0.2) is 4.98 Å². The quantitative estimate of drug-likeness (QED) is 0.578. The van der Waals surface area contributed by atoms with E-state index >= 15 is 0 Å². The van der Waals surface area contributed by atoms with Gasteiger partial charge in [-0.3, -0.25) is 9.79 Å². The molecule has 0 aromatic carbocycles. The van der Waals surface area contributed by atoms with Crippen LogP contribution in [0, 0.1) is 11.3 Å². The zero-order valence-corrected chi connectivity index (χ0v) is 17.3. The van der Waals surface area contributed by atoms with E-state index in [1.54, 1.807) is 0 Å². The number of piperidine rings is 1. The summed E-state index contributed by atoms with van der Waals surface area (Å²) >= 11 is 0. The Bertz CT molecular complexity index is 761. The van der Waals surface area contributed by atoms with Crippen LogP contribution in [0.2, 0.25) is 0 Å². The Morgan fingerprint density at radius 2 is 2.34 bits per heavy atom. The summed E-state index contributed by atoms with van der Waals surface area (Å²) in [6, 6.07) is 4.05. The molecule has 0 bridgehead atoms. The van der Waals surface area contributed by atoms with Gasteiger partial charge >= 0.3 is 0 Å². The molecule has 1 aromatic rings. The molecule has 0 aliphatic carbocycles. The van der Waals surface area contributed by atoms with Crippen molar-refractivity contribution < 1.29 is 9.53 Å². The Morgan fingerprint density at radius 1 is 1.45 bits per heavy atom. The number of hydrogen-bond acceptors (Lipinski definition) is 5. The van der Waals surface area contributed by atoms with Crippen molar-refractivity contribution in [3.05, 3.63) is 23.9 Å². The molecule has 3 aliphatic rings. The van der Waals surface area contributed by atoms with Crippen LogP contribution in [-0.4, -0.2) is 68.2 Å². The summed E-state index contributed by atoms with van der Waals surface area (Å²) in [5, 5.41) is 3.52. The number of likely N-dealkylation sites (tertiary alicyclic amines) is 1. The SMILES string of the molecule is CN=C(NCc1cccnc1N1CCCC(C(N)=O)C1)N1CCC2(CCOC2)C1. The maximum absolute atomic E-state index is 11.7. The van der Waals surface area contributed by atoms with Crippen LogP contribution in [0.5, 0.6) is 0 Å². The second-order valence-electron chi connectivity index (χ2n) is 8.55. The molecule has 8 heteroatoms. The fourth-order valence-corrected chi connectivity index (χ4v) is 4.85. The fourth-order valence-electron chi connectivity index (χ4n) is 4.85. The molecular weight excluding hydrogens is 368 g/mol. The van der Waals surface area contributed by atoms with Crippen molar-refractivity contribution in [3.8, 4) is 0 Å². The number of ether oxygens (including phenoxy) is 1. The summed E-state index contributed by atoms with van der Waals surface area (Å²) in [5.41, 5.74) is 6.96. The zero-order valence-electron chi connectivity index (χ0n) is 17.3.